The van der Waals surface area contributed by atoms with Gasteiger partial charge in [0.1, 0.15) is 0 Å². The number of nitrogens with zero attached hydrogens (tertiary/aromatic N) is 1. The van der Waals surface area contributed by atoms with Crippen molar-refractivity contribution in [1.82, 2.24) is 4.90 Å². The van der Waals surface area contributed by atoms with Gasteiger partial charge in [-0.1, -0.05) is 48.5 Å². The van der Waals surface area contributed by atoms with E-state index in [1.165, 1.54) is 0 Å². The van der Waals surface area contributed by atoms with Crippen LogP contribution in [0, 0.1) is 0 Å². The molecule has 4 heteroatoms. The van der Waals surface area contributed by atoms with Crippen LogP contribution in [-0.4, -0.2) is 36.5 Å². The van der Waals surface area contributed by atoms with Gasteiger partial charge in [0.05, 0.1) is 5.56 Å². The lowest BCUT2D eigenvalue weighted by atomic mass is 10.00. The molecule has 2 aromatic carbocycles. The summed E-state index contributed by atoms with van der Waals surface area (Å²) in [6.07, 6.45) is 3.88. The van der Waals surface area contributed by atoms with Crippen LogP contribution in [-0.2, 0) is 16.0 Å². The Morgan fingerprint density at radius 2 is 1.56 bits per heavy atom. The number of carbonyl (C=O) groups is 2. The third-order valence-electron chi connectivity index (χ3n) is 4.51. The highest BCUT2D eigenvalue weighted by Crippen LogP contribution is 2.16. The highest BCUT2D eigenvalue weighted by atomic mass is 16.5. The molecule has 0 aromatic heterocycles. The van der Waals surface area contributed by atoms with Crippen molar-refractivity contribution in [2.45, 2.75) is 25.7 Å². The van der Waals surface area contributed by atoms with E-state index in [0.717, 1.165) is 43.5 Å². The van der Waals surface area contributed by atoms with E-state index in [1.807, 2.05) is 48.5 Å². The van der Waals surface area contributed by atoms with E-state index in [9.17, 15) is 9.59 Å². The van der Waals surface area contributed by atoms with Gasteiger partial charge in [0.2, 0.25) is 0 Å². The molecular weight excluding hydrogens is 314 g/mol. The van der Waals surface area contributed by atoms with Crippen LogP contribution in [0.1, 0.15) is 40.7 Å². The molecule has 0 atom stereocenters. The fraction of sp³-hybridized carbons (Fsp3) is 0.333. The topological polar surface area (TPSA) is 46.6 Å². The zero-order valence-corrected chi connectivity index (χ0v) is 14.3. The minimum atomic E-state index is -0.433. The molecule has 0 spiro atoms. The van der Waals surface area contributed by atoms with Crippen LogP contribution >= 0.6 is 0 Å². The standard InChI is InChI=1S/C21H23NO3/c23-20(22-13-7-2-8-14-22)16-25-21(24)19-12-6-5-11-18(19)15-17-9-3-1-4-10-17/h1,3-6,9-12H,2,7-8,13-16H2. The molecule has 0 saturated carbocycles. The summed E-state index contributed by atoms with van der Waals surface area (Å²) >= 11 is 0. The van der Waals surface area contributed by atoms with Crippen molar-refractivity contribution in [2.24, 2.45) is 0 Å². The minimum absolute atomic E-state index is 0.103. The van der Waals surface area contributed by atoms with Crippen LogP contribution in [0.25, 0.3) is 0 Å². The van der Waals surface area contributed by atoms with Gasteiger partial charge >= 0.3 is 5.97 Å². The number of hydrogen-bond donors (Lipinski definition) is 0. The number of esters is 1. The molecule has 1 fully saturated rings. The summed E-state index contributed by atoms with van der Waals surface area (Å²) in [5, 5.41) is 0. The van der Waals surface area contributed by atoms with Gasteiger partial charge in [-0.25, -0.2) is 4.79 Å². The Bertz CT molecular complexity index is 721. The van der Waals surface area contributed by atoms with Gasteiger partial charge in [-0.15, -0.1) is 0 Å². The first-order valence-corrected chi connectivity index (χ1v) is 8.81. The van der Waals surface area contributed by atoms with Crippen molar-refractivity contribution in [3.05, 3.63) is 71.3 Å². The van der Waals surface area contributed by atoms with Crippen molar-refractivity contribution >= 4 is 11.9 Å². The molecule has 0 N–H and O–H groups in total. The molecule has 4 nitrogen and oxygen atoms in total. The third-order valence-corrected chi connectivity index (χ3v) is 4.51. The lowest BCUT2D eigenvalue weighted by Crippen LogP contribution is -2.38. The second-order valence-electron chi connectivity index (χ2n) is 6.34. The highest BCUT2D eigenvalue weighted by Gasteiger charge is 2.19. The lowest BCUT2D eigenvalue weighted by molar-refractivity contribution is -0.135. The Balaban J connectivity index is 1.63. The first kappa shape index (κ1) is 17.2. The van der Waals surface area contributed by atoms with E-state index in [4.69, 9.17) is 4.74 Å². The SMILES string of the molecule is O=C(OCC(=O)N1CCCCC1)c1ccccc1Cc1ccccc1. The first-order valence-electron chi connectivity index (χ1n) is 8.81. The molecule has 0 radical (unpaired) electrons. The fourth-order valence-corrected chi connectivity index (χ4v) is 3.13. The van der Waals surface area contributed by atoms with Gasteiger partial charge in [0, 0.05) is 13.1 Å². The molecule has 0 bridgehead atoms. The Morgan fingerprint density at radius 3 is 2.32 bits per heavy atom. The monoisotopic (exact) mass is 337 g/mol. The zero-order valence-electron chi connectivity index (χ0n) is 14.3. The number of benzene rings is 2. The second-order valence-corrected chi connectivity index (χ2v) is 6.34. The van der Waals surface area contributed by atoms with Gasteiger partial charge in [-0.05, 0) is 42.9 Å². The number of piperidine rings is 1. The zero-order chi connectivity index (χ0) is 17.5. The van der Waals surface area contributed by atoms with Gasteiger partial charge in [-0.2, -0.15) is 0 Å². The van der Waals surface area contributed by atoms with Crippen LogP contribution in [0.15, 0.2) is 54.6 Å². The number of amides is 1. The fourth-order valence-electron chi connectivity index (χ4n) is 3.13. The van der Waals surface area contributed by atoms with Crippen LogP contribution in [0.2, 0.25) is 0 Å². The van der Waals surface area contributed by atoms with E-state index >= 15 is 0 Å². The first-order chi connectivity index (χ1) is 12.2. The summed E-state index contributed by atoms with van der Waals surface area (Å²) in [5.41, 5.74) is 2.56. The molecule has 3 rings (SSSR count). The van der Waals surface area contributed by atoms with Gasteiger partial charge in [-0.3, -0.25) is 4.79 Å². The summed E-state index contributed by atoms with van der Waals surface area (Å²) in [6.45, 7) is 1.35. The summed E-state index contributed by atoms with van der Waals surface area (Å²) < 4.78 is 5.29. The van der Waals surface area contributed by atoms with Gasteiger partial charge in [0.15, 0.2) is 6.61 Å². The summed E-state index contributed by atoms with van der Waals surface area (Å²) in [4.78, 5) is 26.4. The minimum Gasteiger partial charge on any atom is -0.452 e. The molecule has 0 unspecified atom stereocenters. The van der Waals surface area contributed by atoms with Crippen LogP contribution in [0.3, 0.4) is 0 Å². The van der Waals surface area contributed by atoms with Gasteiger partial charge in [0.25, 0.3) is 5.91 Å². The summed E-state index contributed by atoms with van der Waals surface area (Å²) in [7, 11) is 0. The maximum atomic E-state index is 12.4. The van der Waals surface area contributed by atoms with Crippen LogP contribution in [0.5, 0.6) is 0 Å². The predicted octanol–water partition coefficient (Wildman–Crippen LogP) is 3.45. The maximum Gasteiger partial charge on any atom is 0.338 e. The number of ether oxygens (including phenoxy) is 1. The quantitative estimate of drug-likeness (QED) is 0.785. The number of rotatable bonds is 5. The largest absolute Gasteiger partial charge is 0.452 e. The van der Waals surface area contributed by atoms with E-state index in [-0.39, 0.29) is 12.5 Å². The van der Waals surface area contributed by atoms with E-state index in [2.05, 4.69) is 0 Å². The predicted molar refractivity (Wildman–Crippen MR) is 96.4 cm³/mol. The molecule has 0 aliphatic carbocycles. The average molecular weight is 337 g/mol. The van der Waals surface area contributed by atoms with E-state index in [1.54, 1.807) is 11.0 Å². The van der Waals surface area contributed by atoms with Crippen LogP contribution < -0.4 is 0 Å². The number of hydrogen-bond acceptors (Lipinski definition) is 3. The average Bonchev–Trinajstić information content (AvgIpc) is 2.68. The number of likely N-dealkylation sites (tertiary alicyclic amines) is 1. The Hall–Kier alpha value is -2.62. The van der Waals surface area contributed by atoms with Crippen molar-refractivity contribution in [2.75, 3.05) is 19.7 Å². The van der Waals surface area contributed by atoms with Crippen molar-refractivity contribution in [1.29, 1.82) is 0 Å². The second kappa shape index (κ2) is 8.47. The van der Waals surface area contributed by atoms with Crippen molar-refractivity contribution < 1.29 is 14.3 Å². The normalized spacial score (nSPS) is 14.2. The maximum absolute atomic E-state index is 12.4. The lowest BCUT2D eigenvalue weighted by Gasteiger charge is -2.26. The van der Waals surface area contributed by atoms with Crippen molar-refractivity contribution in [3.63, 3.8) is 0 Å². The Morgan fingerprint density at radius 1 is 0.880 bits per heavy atom. The molecule has 1 amide bonds. The summed E-state index contributed by atoms with van der Waals surface area (Å²) in [5.74, 6) is -0.537. The van der Waals surface area contributed by atoms with E-state index in [0.29, 0.717) is 12.0 Å². The van der Waals surface area contributed by atoms with Crippen molar-refractivity contribution in [3.8, 4) is 0 Å². The Labute approximate surface area is 148 Å². The summed E-state index contributed by atoms with van der Waals surface area (Å²) in [6, 6.07) is 17.4. The number of carbonyl (C=O) groups excluding carboxylic acids is 2. The molecule has 1 saturated heterocycles. The molecule has 2 aromatic rings. The molecule has 1 heterocycles. The molecular formula is C21H23NO3. The van der Waals surface area contributed by atoms with E-state index < -0.39 is 5.97 Å². The van der Waals surface area contributed by atoms with Gasteiger partial charge < -0.3 is 9.64 Å². The molecule has 1 aliphatic heterocycles. The third kappa shape index (κ3) is 4.69. The molecule has 25 heavy (non-hydrogen) atoms. The highest BCUT2D eigenvalue weighted by molar-refractivity contribution is 5.92. The van der Waals surface area contributed by atoms with Crippen LogP contribution in [0.4, 0.5) is 0 Å². The molecule has 1 aliphatic rings. The smallest absolute Gasteiger partial charge is 0.338 e. The Kier molecular flexibility index (Phi) is 5.83. The molecule has 130 valence electrons.